The molecule has 4 heteroatoms. The molecule has 0 saturated heterocycles. The molecule has 1 amide bonds. The normalized spacial score (nSPS) is 9.90. The Kier molecular flexibility index (Phi) is 4.46. The summed E-state index contributed by atoms with van der Waals surface area (Å²) in [5.41, 5.74) is 8.48. The number of anilines is 1. The number of nitrogens with two attached hydrogens (primary N) is 1. The first-order valence-corrected chi connectivity index (χ1v) is 6.68. The number of carbonyl (C=O) groups excluding carboxylic acids is 1. The predicted molar refractivity (Wildman–Crippen MR) is 83.2 cm³/mol. The molecule has 1 aromatic heterocycles. The Bertz CT molecular complexity index is 733. The molecule has 0 aliphatic rings. The molecule has 1 heterocycles. The van der Waals surface area contributed by atoms with E-state index in [2.05, 4.69) is 17.2 Å². The van der Waals surface area contributed by atoms with Gasteiger partial charge in [0.15, 0.2) is 0 Å². The minimum atomic E-state index is -0.187. The van der Waals surface area contributed by atoms with Gasteiger partial charge in [0.05, 0.1) is 12.1 Å². The van der Waals surface area contributed by atoms with Crippen molar-refractivity contribution >= 4 is 11.6 Å². The molecule has 1 aromatic carbocycles. The van der Waals surface area contributed by atoms with Crippen molar-refractivity contribution in [2.24, 2.45) is 5.73 Å². The first kappa shape index (κ1) is 14.9. The van der Waals surface area contributed by atoms with E-state index in [0.717, 1.165) is 16.9 Å². The maximum Gasteiger partial charge on any atom is 0.259 e. The maximum absolute atomic E-state index is 12.3. The fourth-order valence-electron chi connectivity index (χ4n) is 2.14. The van der Waals surface area contributed by atoms with Crippen molar-refractivity contribution in [2.75, 3.05) is 11.9 Å². The van der Waals surface area contributed by atoms with Crippen molar-refractivity contribution in [3.8, 4) is 11.8 Å². The van der Waals surface area contributed by atoms with Crippen LogP contribution in [0, 0.1) is 32.6 Å². The van der Waals surface area contributed by atoms with Crippen LogP contribution in [-0.2, 0) is 0 Å². The van der Waals surface area contributed by atoms with Crippen LogP contribution in [0.15, 0.2) is 28.7 Å². The number of amides is 1. The van der Waals surface area contributed by atoms with Crippen molar-refractivity contribution in [1.82, 2.24) is 0 Å². The Hall–Kier alpha value is -2.51. The lowest BCUT2D eigenvalue weighted by atomic mass is 10.1. The average molecular weight is 282 g/mol. The van der Waals surface area contributed by atoms with E-state index in [1.54, 1.807) is 13.0 Å². The fourth-order valence-corrected chi connectivity index (χ4v) is 2.14. The summed E-state index contributed by atoms with van der Waals surface area (Å²) in [7, 11) is 0. The standard InChI is InChI=1S/C17H18N2O2/c1-11-7-14(5-4-6-18)10-15(8-11)19-17(20)16-9-12(2)21-13(16)3/h7-10H,6,18H2,1-3H3,(H,19,20). The minimum Gasteiger partial charge on any atom is -0.466 e. The molecule has 3 N–H and O–H groups in total. The number of nitrogens with one attached hydrogen (secondary N) is 1. The summed E-state index contributed by atoms with van der Waals surface area (Å²) in [5, 5.41) is 2.87. The first-order chi connectivity index (χ1) is 9.99. The molecule has 0 saturated carbocycles. The van der Waals surface area contributed by atoms with Crippen LogP contribution >= 0.6 is 0 Å². The smallest absolute Gasteiger partial charge is 0.259 e. The van der Waals surface area contributed by atoms with Crippen LogP contribution in [0.4, 0.5) is 5.69 Å². The van der Waals surface area contributed by atoms with E-state index < -0.39 is 0 Å². The highest BCUT2D eigenvalue weighted by Crippen LogP contribution is 2.18. The first-order valence-electron chi connectivity index (χ1n) is 6.68. The number of carbonyl (C=O) groups is 1. The van der Waals surface area contributed by atoms with Gasteiger partial charge in [0.2, 0.25) is 0 Å². The lowest BCUT2D eigenvalue weighted by Gasteiger charge is -2.06. The zero-order valence-corrected chi connectivity index (χ0v) is 12.4. The Morgan fingerprint density at radius 1 is 1.24 bits per heavy atom. The molecule has 0 atom stereocenters. The highest BCUT2D eigenvalue weighted by Gasteiger charge is 2.13. The molecule has 4 nitrogen and oxygen atoms in total. The number of benzene rings is 1. The summed E-state index contributed by atoms with van der Waals surface area (Å²) >= 11 is 0. The van der Waals surface area contributed by atoms with E-state index in [0.29, 0.717) is 23.6 Å². The second kappa shape index (κ2) is 6.29. The molecule has 0 radical (unpaired) electrons. The van der Waals surface area contributed by atoms with E-state index in [9.17, 15) is 4.79 Å². The van der Waals surface area contributed by atoms with Gasteiger partial charge in [0.1, 0.15) is 11.5 Å². The number of furan rings is 1. The summed E-state index contributed by atoms with van der Waals surface area (Å²) < 4.78 is 5.38. The molecular formula is C17H18N2O2. The van der Waals surface area contributed by atoms with Crippen LogP contribution in [0.25, 0.3) is 0 Å². The highest BCUT2D eigenvalue weighted by molar-refractivity contribution is 6.05. The number of aryl methyl sites for hydroxylation is 3. The molecule has 0 bridgehead atoms. The van der Waals surface area contributed by atoms with Gasteiger partial charge in [-0.25, -0.2) is 0 Å². The summed E-state index contributed by atoms with van der Waals surface area (Å²) in [5.74, 6) is 6.92. The number of rotatable bonds is 2. The summed E-state index contributed by atoms with van der Waals surface area (Å²) in [6, 6.07) is 7.41. The van der Waals surface area contributed by atoms with Crippen molar-refractivity contribution in [3.05, 3.63) is 52.5 Å². The molecule has 2 aromatic rings. The largest absolute Gasteiger partial charge is 0.466 e. The molecule has 21 heavy (non-hydrogen) atoms. The monoisotopic (exact) mass is 282 g/mol. The van der Waals surface area contributed by atoms with E-state index >= 15 is 0 Å². The lowest BCUT2D eigenvalue weighted by molar-refractivity contribution is 0.102. The molecule has 0 aliphatic carbocycles. The molecule has 0 aliphatic heterocycles. The molecule has 0 unspecified atom stereocenters. The van der Waals surface area contributed by atoms with Crippen molar-refractivity contribution in [3.63, 3.8) is 0 Å². The molecule has 0 spiro atoms. The van der Waals surface area contributed by atoms with E-state index in [4.69, 9.17) is 10.2 Å². The van der Waals surface area contributed by atoms with E-state index in [-0.39, 0.29) is 5.91 Å². The molecule has 0 fully saturated rings. The van der Waals surface area contributed by atoms with Crippen LogP contribution in [0.2, 0.25) is 0 Å². The van der Waals surface area contributed by atoms with Gasteiger partial charge in [-0.15, -0.1) is 0 Å². The minimum absolute atomic E-state index is 0.187. The van der Waals surface area contributed by atoms with E-state index in [1.165, 1.54) is 0 Å². The quantitative estimate of drug-likeness (QED) is 0.832. The Morgan fingerprint density at radius 2 is 2.00 bits per heavy atom. The van der Waals surface area contributed by atoms with E-state index in [1.807, 2.05) is 32.0 Å². The Balaban J connectivity index is 2.25. The third-order valence-electron chi connectivity index (χ3n) is 2.96. The van der Waals surface area contributed by atoms with Crippen molar-refractivity contribution in [2.45, 2.75) is 20.8 Å². The number of hydrogen-bond acceptors (Lipinski definition) is 3. The van der Waals surface area contributed by atoms with Crippen LogP contribution in [0.1, 0.15) is 33.0 Å². The fraction of sp³-hybridized carbons (Fsp3) is 0.235. The van der Waals surface area contributed by atoms with Gasteiger partial charge in [-0.2, -0.15) is 0 Å². The van der Waals surface area contributed by atoms with Gasteiger partial charge < -0.3 is 15.5 Å². The summed E-state index contributed by atoms with van der Waals surface area (Å²) in [6.07, 6.45) is 0. The van der Waals surface area contributed by atoms with Gasteiger partial charge in [0.25, 0.3) is 5.91 Å². The molecule has 2 rings (SSSR count). The zero-order valence-electron chi connectivity index (χ0n) is 12.4. The maximum atomic E-state index is 12.3. The summed E-state index contributed by atoms with van der Waals surface area (Å²) in [4.78, 5) is 12.3. The average Bonchev–Trinajstić information content (AvgIpc) is 2.75. The van der Waals surface area contributed by atoms with Gasteiger partial charge in [-0.05, 0) is 50.6 Å². The van der Waals surface area contributed by atoms with Crippen LogP contribution < -0.4 is 11.1 Å². The Morgan fingerprint density at radius 3 is 2.62 bits per heavy atom. The predicted octanol–water partition coefficient (Wildman–Crippen LogP) is 2.77. The third-order valence-corrected chi connectivity index (χ3v) is 2.96. The van der Waals surface area contributed by atoms with Crippen LogP contribution in [-0.4, -0.2) is 12.5 Å². The highest BCUT2D eigenvalue weighted by atomic mass is 16.3. The Labute approximate surface area is 124 Å². The zero-order chi connectivity index (χ0) is 15.4. The SMILES string of the molecule is Cc1cc(C#CCN)cc(NC(=O)c2cc(C)oc2C)c1. The van der Waals surface area contributed by atoms with Crippen LogP contribution in [0.3, 0.4) is 0 Å². The number of hydrogen-bond donors (Lipinski definition) is 2. The molecule has 108 valence electrons. The third kappa shape index (κ3) is 3.74. The second-order valence-electron chi connectivity index (χ2n) is 4.87. The van der Waals surface area contributed by atoms with Gasteiger partial charge in [-0.1, -0.05) is 11.8 Å². The van der Waals surface area contributed by atoms with Crippen molar-refractivity contribution in [1.29, 1.82) is 0 Å². The van der Waals surface area contributed by atoms with Gasteiger partial charge >= 0.3 is 0 Å². The molecular weight excluding hydrogens is 264 g/mol. The topological polar surface area (TPSA) is 68.3 Å². The summed E-state index contributed by atoms with van der Waals surface area (Å²) in [6.45, 7) is 5.85. The van der Waals surface area contributed by atoms with Gasteiger partial charge in [-0.3, -0.25) is 4.79 Å². The van der Waals surface area contributed by atoms with Crippen LogP contribution in [0.5, 0.6) is 0 Å². The van der Waals surface area contributed by atoms with Gasteiger partial charge in [0, 0.05) is 11.3 Å². The lowest BCUT2D eigenvalue weighted by Crippen LogP contribution is -2.12. The second-order valence-corrected chi connectivity index (χ2v) is 4.87. The van der Waals surface area contributed by atoms with Crippen molar-refractivity contribution < 1.29 is 9.21 Å².